The van der Waals surface area contributed by atoms with Crippen molar-refractivity contribution in [2.45, 2.75) is 6.54 Å². The Morgan fingerprint density at radius 3 is 2.67 bits per heavy atom. The van der Waals surface area contributed by atoms with Gasteiger partial charge in [0.15, 0.2) is 0 Å². The van der Waals surface area contributed by atoms with Crippen LogP contribution in [0.3, 0.4) is 0 Å². The highest BCUT2D eigenvalue weighted by Gasteiger charge is 2.11. The number of ether oxygens (including phenoxy) is 1. The highest BCUT2D eigenvalue weighted by atomic mass is 79.9. The Balaban J connectivity index is 1.69. The van der Waals surface area contributed by atoms with Gasteiger partial charge in [-0.15, -0.1) is 0 Å². The SMILES string of the molecule is COc1ccc(Br)c(C(=O)NCCn2nc(-c3ccccc3)ccc2=O)c1. The first-order chi connectivity index (χ1) is 13.1. The van der Waals surface area contributed by atoms with Gasteiger partial charge in [0.2, 0.25) is 0 Å². The number of hydrogen-bond acceptors (Lipinski definition) is 4. The predicted octanol–water partition coefficient (Wildman–Crippen LogP) is 3.11. The van der Waals surface area contributed by atoms with Crippen LogP contribution in [0.2, 0.25) is 0 Å². The summed E-state index contributed by atoms with van der Waals surface area (Å²) in [6, 6.07) is 18.0. The van der Waals surface area contributed by atoms with Gasteiger partial charge in [-0.2, -0.15) is 5.10 Å². The third kappa shape index (κ3) is 4.62. The molecule has 1 aromatic heterocycles. The lowest BCUT2D eigenvalue weighted by Crippen LogP contribution is -2.32. The zero-order valence-electron chi connectivity index (χ0n) is 14.7. The zero-order valence-corrected chi connectivity index (χ0v) is 16.3. The molecule has 0 atom stereocenters. The highest BCUT2D eigenvalue weighted by Crippen LogP contribution is 2.22. The highest BCUT2D eigenvalue weighted by molar-refractivity contribution is 9.10. The summed E-state index contributed by atoms with van der Waals surface area (Å²) in [7, 11) is 1.54. The molecule has 0 fully saturated rings. The summed E-state index contributed by atoms with van der Waals surface area (Å²) in [5.41, 5.74) is 1.88. The fraction of sp³-hybridized carbons (Fsp3) is 0.150. The van der Waals surface area contributed by atoms with Gasteiger partial charge in [-0.3, -0.25) is 9.59 Å². The normalized spacial score (nSPS) is 10.4. The van der Waals surface area contributed by atoms with Crippen molar-refractivity contribution in [2.24, 2.45) is 0 Å². The molecule has 0 spiro atoms. The molecule has 3 rings (SSSR count). The van der Waals surface area contributed by atoms with Crippen LogP contribution in [0.5, 0.6) is 5.75 Å². The Morgan fingerprint density at radius 1 is 1.15 bits per heavy atom. The second-order valence-corrected chi connectivity index (χ2v) is 6.60. The maximum atomic E-state index is 12.4. The quantitative estimate of drug-likeness (QED) is 0.655. The third-order valence-electron chi connectivity index (χ3n) is 3.96. The third-order valence-corrected chi connectivity index (χ3v) is 4.65. The standard InChI is InChI=1S/C20H18BrN3O3/c1-27-15-7-8-17(21)16(13-15)20(26)22-11-12-24-19(25)10-9-18(23-24)14-5-3-2-4-6-14/h2-10,13H,11-12H2,1H3,(H,22,26). The van der Waals surface area contributed by atoms with Crippen molar-refractivity contribution in [3.05, 3.63) is 81.1 Å². The Hall–Kier alpha value is -2.93. The molecule has 2 aromatic carbocycles. The van der Waals surface area contributed by atoms with E-state index in [2.05, 4.69) is 26.3 Å². The summed E-state index contributed by atoms with van der Waals surface area (Å²) in [5.74, 6) is 0.338. The summed E-state index contributed by atoms with van der Waals surface area (Å²) >= 11 is 3.36. The Labute approximate surface area is 164 Å². The van der Waals surface area contributed by atoms with Gasteiger partial charge < -0.3 is 10.1 Å². The molecule has 138 valence electrons. The van der Waals surface area contributed by atoms with Crippen molar-refractivity contribution < 1.29 is 9.53 Å². The maximum absolute atomic E-state index is 12.4. The smallest absolute Gasteiger partial charge is 0.266 e. The van der Waals surface area contributed by atoms with Gasteiger partial charge in [0, 0.05) is 22.6 Å². The van der Waals surface area contributed by atoms with Crippen LogP contribution in [0.1, 0.15) is 10.4 Å². The van der Waals surface area contributed by atoms with Crippen LogP contribution in [0.4, 0.5) is 0 Å². The Kier molecular flexibility index (Phi) is 6.03. The van der Waals surface area contributed by atoms with Gasteiger partial charge in [0.1, 0.15) is 5.75 Å². The van der Waals surface area contributed by atoms with Crippen LogP contribution < -0.4 is 15.6 Å². The van der Waals surface area contributed by atoms with Crippen LogP contribution in [0.25, 0.3) is 11.3 Å². The zero-order chi connectivity index (χ0) is 19.2. The molecule has 1 amide bonds. The minimum absolute atomic E-state index is 0.216. The summed E-state index contributed by atoms with van der Waals surface area (Å²) in [5, 5.41) is 7.18. The van der Waals surface area contributed by atoms with Crippen LogP contribution in [-0.4, -0.2) is 29.3 Å². The topological polar surface area (TPSA) is 73.2 Å². The molecule has 0 aliphatic carbocycles. The Bertz CT molecular complexity index is 1000. The average molecular weight is 428 g/mol. The molecular weight excluding hydrogens is 410 g/mol. The number of nitrogens with zero attached hydrogens (tertiary/aromatic N) is 2. The van der Waals surface area contributed by atoms with E-state index in [9.17, 15) is 9.59 Å². The van der Waals surface area contributed by atoms with Crippen LogP contribution in [0, 0.1) is 0 Å². The first-order valence-corrected chi connectivity index (χ1v) is 9.13. The summed E-state index contributed by atoms with van der Waals surface area (Å²) < 4.78 is 7.17. The minimum atomic E-state index is -0.256. The number of carbonyl (C=O) groups excluding carboxylic acids is 1. The summed E-state index contributed by atoms with van der Waals surface area (Å²) in [6.45, 7) is 0.542. The van der Waals surface area contributed by atoms with Gasteiger partial charge in [-0.05, 0) is 40.2 Å². The van der Waals surface area contributed by atoms with E-state index in [0.717, 1.165) is 5.56 Å². The number of benzene rings is 2. The molecule has 3 aromatic rings. The van der Waals surface area contributed by atoms with Gasteiger partial charge in [0.05, 0.1) is 24.9 Å². The molecule has 0 radical (unpaired) electrons. The maximum Gasteiger partial charge on any atom is 0.266 e. The molecule has 0 aliphatic heterocycles. The molecule has 0 saturated carbocycles. The van der Waals surface area contributed by atoms with Crippen molar-refractivity contribution in [2.75, 3.05) is 13.7 Å². The molecule has 0 saturated heterocycles. The molecule has 6 nitrogen and oxygen atoms in total. The molecule has 1 N–H and O–H groups in total. The number of rotatable bonds is 6. The van der Waals surface area contributed by atoms with E-state index in [1.54, 1.807) is 31.4 Å². The molecular formula is C20H18BrN3O3. The fourth-order valence-electron chi connectivity index (χ4n) is 2.55. The molecule has 7 heteroatoms. The molecule has 0 bridgehead atoms. The molecule has 1 heterocycles. The van der Waals surface area contributed by atoms with Crippen LogP contribution in [0.15, 0.2) is 69.9 Å². The van der Waals surface area contributed by atoms with Crippen molar-refractivity contribution in [3.63, 3.8) is 0 Å². The molecule has 0 unspecified atom stereocenters. The van der Waals surface area contributed by atoms with E-state index in [-0.39, 0.29) is 24.6 Å². The largest absolute Gasteiger partial charge is 0.497 e. The number of halogens is 1. The Morgan fingerprint density at radius 2 is 1.93 bits per heavy atom. The van der Waals surface area contributed by atoms with E-state index >= 15 is 0 Å². The van der Waals surface area contributed by atoms with E-state index in [0.29, 0.717) is 21.5 Å². The summed E-state index contributed by atoms with van der Waals surface area (Å²) in [6.07, 6.45) is 0. The fourth-order valence-corrected chi connectivity index (χ4v) is 2.97. The lowest BCUT2D eigenvalue weighted by Gasteiger charge is -2.10. The van der Waals surface area contributed by atoms with Crippen molar-refractivity contribution in [1.29, 1.82) is 0 Å². The van der Waals surface area contributed by atoms with Gasteiger partial charge >= 0.3 is 0 Å². The second kappa shape index (κ2) is 8.64. The van der Waals surface area contributed by atoms with Gasteiger partial charge in [-0.1, -0.05) is 30.3 Å². The second-order valence-electron chi connectivity index (χ2n) is 5.75. The molecule has 0 aliphatic rings. The first-order valence-electron chi connectivity index (χ1n) is 8.34. The van der Waals surface area contributed by atoms with E-state index in [1.165, 1.54) is 10.7 Å². The van der Waals surface area contributed by atoms with Crippen LogP contribution >= 0.6 is 15.9 Å². The predicted molar refractivity (Wildman–Crippen MR) is 107 cm³/mol. The van der Waals surface area contributed by atoms with E-state index in [1.807, 2.05) is 30.3 Å². The monoisotopic (exact) mass is 427 g/mol. The number of methoxy groups -OCH3 is 1. The van der Waals surface area contributed by atoms with Crippen molar-refractivity contribution in [1.82, 2.24) is 15.1 Å². The first kappa shape index (κ1) is 18.8. The van der Waals surface area contributed by atoms with Crippen molar-refractivity contribution in [3.8, 4) is 17.0 Å². The molecule has 27 heavy (non-hydrogen) atoms. The lowest BCUT2D eigenvalue weighted by atomic mass is 10.1. The van der Waals surface area contributed by atoms with Gasteiger partial charge in [-0.25, -0.2) is 4.68 Å². The lowest BCUT2D eigenvalue weighted by molar-refractivity contribution is 0.0950. The van der Waals surface area contributed by atoms with Gasteiger partial charge in [0.25, 0.3) is 11.5 Å². The summed E-state index contributed by atoms with van der Waals surface area (Å²) in [4.78, 5) is 24.4. The van der Waals surface area contributed by atoms with E-state index in [4.69, 9.17) is 4.74 Å². The number of amides is 1. The number of hydrogen-bond donors (Lipinski definition) is 1. The number of aromatic nitrogens is 2. The van der Waals surface area contributed by atoms with Crippen LogP contribution in [-0.2, 0) is 6.54 Å². The number of carbonyl (C=O) groups is 1. The minimum Gasteiger partial charge on any atom is -0.497 e. The average Bonchev–Trinajstić information content (AvgIpc) is 2.70. The number of nitrogens with one attached hydrogen (secondary N) is 1. The van der Waals surface area contributed by atoms with Crippen molar-refractivity contribution >= 4 is 21.8 Å². The van der Waals surface area contributed by atoms with E-state index < -0.39 is 0 Å².